The van der Waals surface area contributed by atoms with Crippen LogP contribution in [0.4, 0.5) is 0 Å². The lowest BCUT2D eigenvalue weighted by Crippen LogP contribution is -2.23. The molecule has 114 valence electrons. The van der Waals surface area contributed by atoms with Gasteiger partial charge in [0.2, 0.25) is 11.1 Å². The van der Waals surface area contributed by atoms with Crippen LogP contribution in [-0.4, -0.2) is 45.1 Å². The number of rotatable bonds is 7. The molecule has 0 radical (unpaired) electrons. The fourth-order valence-corrected chi connectivity index (χ4v) is 3.21. The van der Waals surface area contributed by atoms with Gasteiger partial charge in [0.15, 0.2) is 0 Å². The Kier molecular flexibility index (Phi) is 5.75. The van der Waals surface area contributed by atoms with Gasteiger partial charge in [0.25, 0.3) is 0 Å². The second-order valence-electron chi connectivity index (χ2n) is 4.80. The van der Waals surface area contributed by atoms with Crippen LogP contribution in [0, 0.1) is 0 Å². The van der Waals surface area contributed by atoms with Gasteiger partial charge in [0.1, 0.15) is 10.8 Å². The number of carbonyl (C=O) groups excluding carboxylic acids is 1. The SMILES string of the molecule is CCCc1nc(SCc2csc(CC(=O)N(C)C)n2)n[nH]1. The Labute approximate surface area is 132 Å². The average Bonchev–Trinajstić information content (AvgIpc) is 3.06. The number of thiazole rings is 1. The lowest BCUT2D eigenvalue weighted by molar-refractivity contribution is -0.127. The minimum atomic E-state index is 0.0710. The van der Waals surface area contributed by atoms with Crippen LogP contribution in [-0.2, 0) is 23.4 Å². The first kappa shape index (κ1) is 16.0. The number of nitrogens with one attached hydrogen (secondary N) is 1. The summed E-state index contributed by atoms with van der Waals surface area (Å²) in [7, 11) is 3.51. The van der Waals surface area contributed by atoms with Crippen LogP contribution >= 0.6 is 23.1 Å². The predicted molar refractivity (Wildman–Crippen MR) is 84.5 cm³/mol. The summed E-state index contributed by atoms with van der Waals surface area (Å²) in [5.74, 6) is 1.72. The zero-order valence-electron chi connectivity index (χ0n) is 12.4. The molecule has 0 aliphatic carbocycles. The molecule has 2 heterocycles. The van der Waals surface area contributed by atoms with Crippen LogP contribution in [0.25, 0.3) is 0 Å². The Morgan fingerprint density at radius 2 is 2.24 bits per heavy atom. The monoisotopic (exact) mass is 325 g/mol. The summed E-state index contributed by atoms with van der Waals surface area (Å²) in [4.78, 5) is 22.1. The van der Waals surface area contributed by atoms with Gasteiger partial charge in [-0.3, -0.25) is 9.89 Å². The number of H-pyrrole nitrogens is 1. The van der Waals surface area contributed by atoms with Crippen molar-refractivity contribution >= 4 is 29.0 Å². The number of aromatic amines is 1. The molecule has 2 aromatic heterocycles. The molecule has 0 saturated heterocycles. The van der Waals surface area contributed by atoms with E-state index in [9.17, 15) is 4.79 Å². The third-order valence-corrected chi connectivity index (χ3v) is 4.53. The Morgan fingerprint density at radius 3 is 2.95 bits per heavy atom. The van der Waals surface area contributed by atoms with Crippen LogP contribution in [0.3, 0.4) is 0 Å². The summed E-state index contributed by atoms with van der Waals surface area (Å²) in [6, 6.07) is 0. The number of hydrogen-bond donors (Lipinski definition) is 1. The fourth-order valence-electron chi connectivity index (χ4n) is 1.61. The van der Waals surface area contributed by atoms with E-state index in [2.05, 4.69) is 27.1 Å². The number of aryl methyl sites for hydroxylation is 1. The second kappa shape index (κ2) is 7.56. The van der Waals surface area contributed by atoms with Crippen molar-refractivity contribution in [3.05, 3.63) is 21.9 Å². The highest BCUT2D eigenvalue weighted by molar-refractivity contribution is 7.98. The molecule has 0 fully saturated rings. The van der Waals surface area contributed by atoms with Crippen molar-refractivity contribution in [3.8, 4) is 0 Å². The third-order valence-electron chi connectivity index (χ3n) is 2.75. The summed E-state index contributed by atoms with van der Waals surface area (Å²) < 4.78 is 0. The third kappa shape index (κ3) is 4.82. The van der Waals surface area contributed by atoms with E-state index >= 15 is 0 Å². The Morgan fingerprint density at radius 1 is 1.43 bits per heavy atom. The molecule has 21 heavy (non-hydrogen) atoms. The average molecular weight is 325 g/mol. The number of likely N-dealkylation sites (N-methyl/N-ethyl adjacent to an activating group) is 1. The number of hydrogen-bond acceptors (Lipinski definition) is 6. The van der Waals surface area contributed by atoms with Gasteiger partial charge in [-0.2, -0.15) is 0 Å². The quantitative estimate of drug-likeness (QED) is 0.789. The van der Waals surface area contributed by atoms with Gasteiger partial charge >= 0.3 is 0 Å². The lowest BCUT2D eigenvalue weighted by Gasteiger charge is -2.07. The molecule has 0 aliphatic heterocycles. The molecule has 0 spiro atoms. The van der Waals surface area contributed by atoms with Crippen LogP contribution in [0.15, 0.2) is 10.5 Å². The van der Waals surface area contributed by atoms with Crippen molar-refractivity contribution in [2.24, 2.45) is 0 Å². The van der Waals surface area contributed by atoms with Gasteiger partial charge in [0, 0.05) is 31.6 Å². The molecule has 8 heteroatoms. The van der Waals surface area contributed by atoms with E-state index in [1.54, 1.807) is 30.8 Å². The van der Waals surface area contributed by atoms with Gasteiger partial charge < -0.3 is 4.90 Å². The highest BCUT2D eigenvalue weighted by Crippen LogP contribution is 2.21. The number of aromatic nitrogens is 4. The predicted octanol–water partition coefficient (Wildman–Crippen LogP) is 2.14. The number of nitrogens with zero attached hydrogens (tertiary/aromatic N) is 4. The van der Waals surface area contributed by atoms with Crippen molar-refractivity contribution in [2.45, 2.75) is 37.1 Å². The van der Waals surface area contributed by atoms with Gasteiger partial charge in [-0.05, 0) is 6.42 Å². The molecule has 2 rings (SSSR count). The van der Waals surface area contributed by atoms with Crippen molar-refractivity contribution in [2.75, 3.05) is 14.1 Å². The first-order chi connectivity index (χ1) is 10.1. The first-order valence-corrected chi connectivity index (χ1v) is 8.62. The maximum absolute atomic E-state index is 11.6. The van der Waals surface area contributed by atoms with E-state index in [1.165, 1.54) is 11.3 Å². The molecular formula is C13H19N5OS2. The van der Waals surface area contributed by atoms with E-state index < -0.39 is 0 Å². The standard InChI is InChI=1S/C13H19N5OS2/c1-4-5-10-15-13(17-16-10)21-8-9-7-20-11(14-9)6-12(19)18(2)3/h7H,4-6,8H2,1-3H3,(H,15,16,17). The van der Waals surface area contributed by atoms with Crippen LogP contribution in [0.1, 0.15) is 29.9 Å². The van der Waals surface area contributed by atoms with E-state index in [-0.39, 0.29) is 5.91 Å². The first-order valence-electron chi connectivity index (χ1n) is 6.76. The minimum Gasteiger partial charge on any atom is -0.348 e. The highest BCUT2D eigenvalue weighted by Gasteiger charge is 2.10. The van der Waals surface area contributed by atoms with Crippen molar-refractivity contribution in [3.63, 3.8) is 0 Å². The maximum Gasteiger partial charge on any atom is 0.228 e. The van der Waals surface area contributed by atoms with Crippen LogP contribution in [0.5, 0.6) is 0 Å². The molecule has 0 atom stereocenters. The summed E-state index contributed by atoms with van der Waals surface area (Å²) in [6.07, 6.45) is 2.33. The topological polar surface area (TPSA) is 74.8 Å². The zero-order chi connectivity index (χ0) is 15.2. The van der Waals surface area contributed by atoms with E-state index in [1.807, 2.05) is 5.38 Å². The molecule has 1 N–H and O–H groups in total. The summed E-state index contributed by atoms with van der Waals surface area (Å²) in [5, 5.41) is 10.7. The van der Waals surface area contributed by atoms with Gasteiger partial charge in [-0.1, -0.05) is 18.7 Å². The molecule has 0 bridgehead atoms. The number of carbonyl (C=O) groups is 1. The smallest absolute Gasteiger partial charge is 0.228 e. The lowest BCUT2D eigenvalue weighted by atomic mass is 10.3. The molecule has 0 unspecified atom stereocenters. The zero-order valence-corrected chi connectivity index (χ0v) is 14.1. The van der Waals surface area contributed by atoms with Crippen LogP contribution in [0.2, 0.25) is 0 Å². The largest absolute Gasteiger partial charge is 0.348 e. The summed E-state index contributed by atoms with van der Waals surface area (Å²) in [6.45, 7) is 2.11. The molecule has 0 aliphatic rings. The molecule has 0 aromatic carbocycles. The van der Waals surface area contributed by atoms with E-state index in [0.29, 0.717) is 6.42 Å². The second-order valence-corrected chi connectivity index (χ2v) is 6.69. The molecule has 1 amide bonds. The Hall–Kier alpha value is -1.41. The van der Waals surface area contributed by atoms with E-state index in [4.69, 9.17) is 0 Å². The fraction of sp³-hybridized carbons (Fsp3) is 0.538. The number of amides is 1. The maximum atomic E-state index is 11.6. The van der Waals surface area contributed by atoms with Gasteiger partial charge in [-0.25, -0.2) is 9.97 Å². The van der Waals surface area contributed by atoms with Crippen molar-refractivity contribution in [1.82, 2.24) is 25.1 Å². The molecule has 6 nitrogen and oxygen atoms in total. The van der Waals surface area contributed by atoms with Crippen molar-refractivity contribution in [1.29, 1.82) is 0 Å². The van der Waals surface area contributed by atoms with Crippen LogP contribution < -0.4 is 0 Å². The van der Waals surface area contributed by atoms with Gasteiger partial charge in [-0.15, -0.1) is 16.4 Å². The van der Waals surface area contributed by atoms with Gasteiger partial charge in [0.05, 0.1) is 12.1 Å². The molecule has 0 saturated carbocycles. The molecule has 2 aromatic rings. The number of thioether (sulfide) groups is 1. The summed E-state index contributed by atoms with van der Waals surface area (Å²) >= 11 is 3.08. The Balaban J connectivity index is 1.86. The summed E-state index contributed by atoms with van der Waals surface area (Å²) in [5.41, 5.74) is 0.966. The highest BCUT2D eigenvalue weighted by atomic mass is 32.2. The van der Waals surface area contributed by atoms with Crippen molar-refractivity contribution < 1.29 is 4.79 Å². The van der Waals surface area contributed by atoms with E-state index in [0.717, 1.165) is 40.3 Å². The minimum absolute atomic E-state index is 0.0710. The normalized spacial score (nSPS) is 10.8. The Bertz CT molecular complexity index is 593. The molecular weight excluding hydrogens is 306 g/mol.